The zero-order valence-corrected chi connectivity index (χ0v) is 12.3. The van der Waals surface area contributed by atoms with E-state index in [9.17, 15) is 8.42 Å². The topological polar surface area (TPSA) is 66.4 Å². The standard InChI is InChI=1S/C15H21NO3S/c17-9-12-2-1-3-13(6-12)10-20(18,19)16-15-8-11-4-5-14(15)7-11/h1-3,6,11,14-17H,4-5,7-10H2. The predicted octanol–water partition coefficient (Wildman–Crippen LogP) is 1.79. The van der Waals surface area contributed by atoms with Crippen molar-refractivity contribution in [2.75, 3.05) is 0 Å². The second kappa shape index (κ2) is 5.47. The van der Waals surface area contributed by atoms with E-state index < -0.39 is 10.0 Å². The van der Waals surface area contributed by atoms with Gasteiger partial charge in [-0.15, -0.1) is 0 Å². The molecule has 2 N–H and O–H groups in total. The molecule has 1 aromatic rings. The molecular weight excluding hydrogens is 274 g/mol. The largest absolute Gasteiger partial charge is 0.392 e. The van der Waals surface area contributed by atoms with Gasteiger partial charge in [-0.25, -0.2) is 13.1 Å². The molecule has 5 heteroatoms. The van der Waals surface area contributed by atoms with Gasteiger partial charge < -0.3 is 5.11 Å². The highest BCUT2D eigenvalue weighted by molar-refractivity contribution is 7.88. The fraction of sp³-hybridized carbons (Fsp3) is 0.600. The molecule has 20 heavy (non-hydrogen) atoms. The van der Waals surface area contributed by atoms with E-state index in [1.807, 2.05) is 0 Å². The van der Waals surface area contributed by atoms with E-state index in [0.29, 0.717) is 5.92 Å². The predicted molar refractivity (Wildman–Crippen MR) is 77.4 cm³/mol. The molecule has 2 fully saturated rings. The second-order valence-electron chi connectivity index (χ2n) is 6.14. The van der Waals surface area contributed by atoms with Gasteiger partial charge in [0.05, 0.1) is 12.4 Å². The lowest BCUT2D eigenvalue weighted by molar-refractivity contribution is 0.281. The summed E-state index contributed by atoms with van der Waals surface area (Å²) in [6.07, 6.45) is 4.62. The van der Waals surface area contributed by atoms with E-state index in [1.54, 1.807) is 24.3 Å². The van der Waals surface area contributed by atoms with Crippen molar-refractivity contribution in [1.29, 1.82) is 0 Å². The third-order valence-electron chi connectivity index (χ3n) is 4.60. The summed E-state index contributed by atoms with van der Waals surface area (Å²) < 4.78 is 27.4. The van der Waals surface area contributed by atoms with Crippen LogP contribution in [0.15, 0.2) is 24.3 Å². The highest BCUT2D eigenvalue weighted by atomic mass is 32.2. The third kappa shape index (κ3) is 3.05. The lowest BCUT2D eigenvalue weighted by Crippen LogP contribution is -2.39. The first-order chi connectivity index (χ1) is 9.55. The molecule has 0 amide bonds. The van der Waals surface area contributed by atoms with Crippen LogP contribution in [0.1, 0.15) is 36.8 Å². The summed E-state index contributed by atoms with van der Waals surface area (Å²) in [6.45, 7) is -0.0618. The van der Waals surface area contributed by atoms with Crippen LogP contribution in [-0.4, -0.2) is 19.6 Å². The van der Waals surface area contributed by atoms with Gasteiger partial charge in [-0.2, -0.15) is 0 Å². The lowest BCUT2D eigenvalue weighted by atomic mass is 9.96. The smallest absolute Gasteiger partial charge is 0.216 e. The summed E-state index contributed by atoms with van der Waals surface area (Å²) in [5, 5.41) is 9.10. The van der Waals surface area contributed by atoms with Crippen molar-refractivity contribution in [2.24, 2.45) is 11.8 Å². The Morgan fingerprint density at radius 1 is 1.20 bits per heavy atom. The van der Waals surface area contributed by atoms with E-state index in [-0.39, 0.29) is 18.4 Å². The number of aliphatic hydroxyl groups excluding tert-OH is 1. The van der Waals surface area contributed by atoms with Crippen molar-refractivity contribution < 1.29 is 13.5 Å². The molecule has 3 rings (SSSR count). The number of benzene rings is 1. The molecule has 3 unspecified atom stereocenters. The van der Waals surface area contributed by atoms with Crippen LogP contribution < -0.4 is 4.72 Å². The molecule has 0 saturated heterocycles. The molecule has 0 heterocycles. The van der Waals surface area contributed by atoms with Crippen molar-refractivity contribution in [3.05, 3.63) is 35.4 Å². The number of hydrogen-bond acceptors (Lipinski definition) is 3. The molecule has 3 atom stereocenters. The summed E-state index contributed by atoms with van der Waals surface area (Å²) in [5.74, 6) is 1.26. The van der Waals surface area contributed by atoms with Gasteiger partial charge in [0, 0.05) is 6.04 Å². The van der Waals surface area contributed by atoms with E-state index in [1.165, 1.54) is 12.8 Å². The highest BCUT2D eigenvalue weighted by Crippen LogP contribution is 2.44. The van der Waals surface area contributed by atoms with E-state index in [2.05, 4.69) is 4.72 Å². The fourth-order valence-corrected chi connectivity index (χ4v) is 5.15. The van der Waals surface area contributed by atoms with Crippen molar-refractivity contribution in [3.8, 4) is 0 Å². The van der Waals surface area contributed by atoms with Gasteiger partial charge in [0.25, 0.3) is 0 Å². The summed E-state index contributed by atoms with van der Waals surface area (Å²) in [5.41, 5.74) is 1.48. The second-order valence-corrected chi connectivity index (χ2v) is 7.89. The number of hydrogen-bond donors (Lipinski definition) is 2. The van der Waals surface area contributed by atoms with Gasteiger partial charge in [-0.05, 0) is 42.2 Å². The maximum atomic E-state index is 12.3. The van der Waals surface area contributed by atoms with E-state index in [4.69, 9.17) is 5.11 Å². The van der Waals surface area contributed by atoms with Gasteiger partial charge >= 0.3 is 0 Å². The van der Waals surface area contributed by atoms with Crippen LogP contribution >= 0.6 is 0 Å². The lowest BCUT2D eigenvalue weighted by Gasteiger charge is -2.22. The van der Waals surface area contributed by atoms with Gasteiger partial charge in [0.2, 0.25) is 10.0 Å². The zero-order chi connectivity index (χ0) is 14.2. The summed E-state index contributed by atoms with van der Waals surface area (Å²) in [7, 11) is -3.30. The molecule has 1 aromatic carbocycles. The van der Waals surface area contributed by atoms with Crippen molar-refractivity contribution in [3.63, 3.8) is 0 Å². The molecule has 2 saturated carbocycles. The Balaban J connectivity index is 1.66. The number of fused-ring (bicyclic) bond motifs is 2. The summed E-state index contributed by atoms with van der Waals surface area (Å²) >= 11 is 0. The molecule has 4 nitrogen and oxygen atoms in total. The number of aliphatic hydroxyl groups is 1. The number of rotatable bonds is 5. The molecule has 2 bridgehead atoms. The maximum Gasteiger partial charge on any atom is 0.216 e. The minimum atomic E-state index is -3.30. The van der Waals surface area contributed by atoms with Crippen molar-refractivity contribution >= 4 is 10.0 Å². The van der Waals surface area contributed by atoms with Crippen LogP contribution in [0.2, 0.25) is 0 Å². The molecule has 0 radical (unpaired) electrons. The Labute approximate surface area is 120 Å². The molecular formula is C15H21NO3S. The van der Waals surface area contributed by atoms with Gasteiger partial charge in [0.15, 0.2) is 0 Å². The first-order valence-corrected chi connectivity index (χ1v) is 8.89. The van der Waals surface area contributed by atoms with Crippen LogP contribution in [-0.2, 0) is 22.4 Å². The molecule has 2 aliphatic carbocycles. The van der Waals surface area contributed by atoms with Crippen molar-refractivity contribution in [1.82, 2.24) is 4.72 Å². The molecule has 2 aliphatic rings. The number of nitrogens with one attached hydrogen (secondary N) is 1. The minimum absolute atomic E-state index is 0.00523. The van der Waals surface area contributed by atoms with Crippen LogP contribution in [0.25, 0.3) is 0 Å². The van der Waals surface area contributed by atoms with Gasteiger partial charge in [-0.3, -0.25) is 0 Å². The quantitative estimate of drug-likeness (QED) is 0.870. The minimum Gasteiger partial charge on any atom is -0.392 e. The van der Waals surface area contributed by atoms with E-state index >= 15 is 0 Å². The van der Waals surface area contributed by atoms with E-state index in [0.717, 1.165) is 29.9 Å². The molecule has 0 aliphatic heterocycles. The Hall–Kier alpha value is -0.910. The first-order valence-electron chi connectivity index (χ1n) is 7.24. The Kier molecular flexibility index (Phi) is 3.84. The molecule has 0 spiro atoms. The average molecular weight is 295 g/mol. The zero-order valence-electron chi connectivity index (χ0n) is 11.5. The highest BCUT2D eigenvalue weighted by Gasteiger charge is 2.40. The Morgan fingerprint density at radius 3 is 2.65 bits per heavy atom. The first kappa shape index (κ1) is 14.0. The fourth-order valence-electron chi connectivity index (χ4n) is 3.70. The Bertz CT molecular complexity index is 585. The van der Waals surface area contributed by atoms with Crippen LogP contribution in [0, 0.1) is 11.8 Å². The van der Waals surface area contributed by atoms with Crippen LogP contribution in [0.3, 0.4) is 0 Å². The SMILES string of the molecule is O=S(=O)(Cc1cccc(CO)c1)NC1CC2CCC1C2. The molecule has 110 valence electrons. The Morgan fingerprint density at radius 2 is 2.00 bits per heavy atom. The normalized spacial score (nSPS) is 28.9. The summed E-state index contributed by atoms with van der Waals surface area (Å²) in [6, 6.07) is 7.26. The molecule has 0 aromatic heterocycles. The monoisotopic (exact) mass is 295 g/mol. The maximum absolute atomic E-state index is 12.3. The van der Waals surface area contributed by atoms with Crippen molar-refractivity contribution in [2.45, 2.75) is 44.1 Å². The van der Waals surface area contributed by atoms with Gasteiger partial charge in [-0.1, -0.05) is 30.7 Å². The average Bonchev–Trinajstić information content (AvgIpc) is 3.00. The van der Waals surface area contributed by atoms with Gasteiger partial charge in [0.1, 0.15) is 0 Å². The number of sulfonamides is 1. The van der Waals surface area contributed by atoms with Crippen LogP contribution in [0.5, 0.6) is 0 Å². The third-order valence-corrected chi connectivity index (χ3v) is 5.97. The van der Waals surface area contributed by atoms with Crippen LogP contribution in [0.4, 0.5) is 0 Å². The summed E-state index contributed by atoms with van der Waals surface area (Å²) in [4.78, 5) is 0.